The quantitative estimate of drug-likeness (QED) is 0.286. The van der Waals surface area contributed by atoms with Crippen LogP contribution in [0.1, 0.15) is 15.9 Å². The molecule has 160 valence electrons. The van der Waals surface area contributed by atoms with Crippen LogP contribution in [0.4, 0.5) is 0 Å². The number of aromatic carboxylic acids is 1. The van der Waals surface area contributed by atoms with Crippen LogP contribution in [0.2, 0.25) is 0 Å². The van der Waals surface area contributed by atoms with Crippen LogP contribution < -0.4 is 0 Å². The van der Waals surface area contributed by atoms with Gasteiger partial charge in [0.2, 0.25) is 0 Å². The highest BCUT2D eigenvalue weighted by Gasteiger charge is 2.09. The van der Waals surface area contributed by atoms with E-state index in [1.165, 1.54) is 21.5 Å². The smallest absolute Gasteiger partial charge is 0.336 e. The molecule has 6 aromatic carbocycles. The molecule has 0 radical (unpaired) electrons. The molecule has 0 aromatic heterocycles. The van der Waals surface area contributed by atoms with Crippen molar-refractivity contribution in [2.45, 2.75) is 6.61 Å². The summed E-state index contributed by atoms with van der Waals surface area (Å²) in [5.74, 6) is -0.883. The van der Waals surface area contributed by atoms with E-state index in [9.17, 15) is 4.79 Å². The summed E-state index contributed by atoms with van der Waals surface area (Å²) < 4.78 is 0. The molecule has 0 unspecified atom stereocenters. The van der Waals surface area contributed by atoms with Crippen molar-refractivity contribution in [2.75, 3.05) is 0 Å². The first-order valence-electron chi connectivity index (χ1n) is 10.8. The minimum Gasteiger partial charge on any atom is -0.478 e. The van der Waals surface area contributed by atoms with Gasteiger partial charge in [-0.1, -0.05) is 97.1 Å². The Bertz CT molecular complexity index is 1630. The predicted octanol–water partition coefficient (Wildman–Crippen LogP) is 7.18. The number of carboxylic acids is 1. The average molecular weight is 431 g/mol. The maximum atomic E-state index is 11.2. The van der Waals surface area contributed by atoms with Gasteiger partial charge in [0.15, 0.2) is 0 Å². The fourth-order valence-corrected chi connectivity index (χ4v) is 4.39. The lowest BCUT2D eigenvalue weighted by molar-refractivity contribution is 0.0699. The Kier molecular flexibility index (Phi) is 5.47. The first-order valence-corrected chi connectivity index (χ1v) is 10.8. The third kappa shape index (κ3) is 3.91. The lowest BCUT2D eigenvalue weighted by Crippen LogP contribution is -1.97. The van der Waals surface area contributed by atoms with Crippen molar-refractivity contribution in [2.24, 2.45) is 0 Å². The van der Waals surface area contributed by atoms with E-state index in [-0.39, 0.29) is 6.61 Å². The van der Waals surface area contributed by atoms with Gasteiger partial charge in [0.25, 0.3) is 0 Å². The molecule has 0 aliphatic heterocycles. The molecular formula is C30H22O3. The molecule has 33 heavy (non-hydrogen) atoms. The second-order valence-electron chi connectivity index (χ2n) is 7.99. The molecule has 3 nitrogen and oxygen atoms in total. The largest absolute Gasteiger partial charge is 0.478 e. The summed E-state index contributed by atoms with van der Waals surface area (Å²) in [6.45, 7) is 0.1000. The van der Waals surface area contributed by atoms with Crippen LogP contribution in [-0.2, 0) is 6.61 Å². The van der Waals surface area contributed by atoms with Gasteiger partial charge >= 0.3 is 5.97 Å². The Morgan fingerprint density at radius 3 is 1.79 bits per heavy atom. The summed E-state index contributed by atoms with van der Waals surface area (Å²) in [6.07, 6.45) is 0. The van der Waals surface area contributed by atoms with Crippen molar-refractivity contribution in [3.05, 3.63) is 120 Å². The maximum Gasteiger partial charge on any atom is 0.336 e. The van der Waals surface area contributed by atoms with Crippen LogP contribution in [0.3, 0.4) is 0 Å². The summed E-state index contributed by atoms with van der Waals surface area (Å²) in [7, 11) is 0. The number of carbonyl (C=O) groups is 1. The van der Waals surface area contributed by atoms with Gasteiger partial charge < -0.3 is 10.2 Å². The van der Waals surface area contributed by atoms with Gasteiger partial charge in [0.1, 0.15) is 0 Å². The van der Waals surface area contributed by atoms with E-state index in [0.29, 0.717) is 5.56 Å². The molecule has 0 aliphatic rings. The molecule has 0 saturated heterocycles. The molecular weight excluding hydrogens is 408 g/mol. The van der Waals surface area contributed by atoms with Gasteiger partial charge in [-0.15, -0.1) is 0 Å². The van der Waals surface area contributed by atoms with Crippen LogP contribution in [-0.4, -0.2) is 16.2 Å². The highest BCUT2D eigenvalue weighted by Crippen LogP contribution is 2.28. The third-order valence-corrected chi connectivity index (χ3v) is 6.01. The fourth-order valence-electron chi connectivity index (χ4n) is 4.39. The summed E-state index contributed by atoms with van der Waals surface area (Å²) in [4.78, 5) is 11.2. The highest BCUT2D eigenvalue weighted by atomic mass is 16.4. The van der Waals surface area contributed by atoms with Crippen LogP contribution in [0, 0.1) is 0 Å². The second kappa shape index (κ2) is 8.73. The highest BCUT2D eigenvalue weighted by molar-refractivity contribution is 6.13. The first-order chi connectivity index (χ1) is 16.2. The Hall–Kier alpha value is -4.21. The Balaban J connectivity index is 0.000000139. The number of hydrogen-bond acceptors (Lipinski definition) is 2. The molecule has 0 heterocycles. The average Bonchev–Trinajstić information content (AvgIpc) is 2.88. The van der Waals surface area contributed by atoms with Gasteiger partial charge in [-0.25, -0.2) is 4.79 Å². The van der Waals surface area contributed by atoms with E-state index in [0.717, 1.165) is 27.1 Å². The van der Waals surface area contributed by atoms with E-state index in [4.69, 9.17) is 10.2 Å². The molecule has 6 rings (SSSR count). The summed E-state index contributed by atoms with van der Waals surface area (Å²) in [5.41, 5.74) is 1.32. The minimum atomic E-state index is -0.883. The van der Waals surface area contributed by atoms with Crippen molar-refractivity contribution < 1.29 is 15.0 Å². The van der Waals surface area contributed by atoms with Crippen LogP contribution in [0.25, 0.3) is 43.1 Å². The molecule has 2 N–H and O–H groups in total. The van der Waals surface area contributed by atoms with E-state index in [1.807, 2.05) is 54.6 Å². The molecule has 0 amide bonds. The number of fused-ring (bicyclic) bond motifs is 6. The van der Waals surface area contributed by atoms with Gasteiger partial charge in [-0.05, 0) is 60.8 Å². The molecule has 0 saturated carbocycles. The number of carboxylic acid groups (broad SMARTS) is 1. The number of benzene rings is 6. The van der Waals surface area contributed by atoms with Crippen LogP contribution in [0.15, 0.2) is 109 Å². The zero-order valence-corrected chi connectivity index (χ0v) is 17.9. The molecule has 6 aromatic rings. The normalized spacial score (nSPS) is 10.9. The summed E-state index contributed by atoms with van der Waals surface area (Å²) >= 11 is 0. The van der Waals surface area contributed by atoms with E-state index < -0.39 is 5.97 Å². The lowest BCUT2D eigenvalue weighted by Gasteiger charge is -2.06. The zero-order valence-electron chi connectivity index (χ0n) is 17.9. The van der Waals surface area contributed by atoms with E-state index in [2.05, 4.69) is 42.5 Å². The number of aliphatic hydroxyl groups excluding tert-OH is 1. The zero-order chi connectivity index (χ0) is 22.8. The van der Waals surface area contributed by atoms with Crippen molar-refractivity contribution in [3.63, 3.8) is 0 Å². The lowest BCUT2D eigenvalue weighted by atomic mass is 9.98. The second-order valence-corrected chi connectivity index (χ2v) is 7.99. The molecule has 0 bridgehead atoms. The van der Waals surface area contributed by atoms with E-state index >= 15 is 0 Å². The summed E-state index contributed by atoms with van der Waals surface area (Å²) in [6, 6.07) is 35.9. The molecule has 0 fully saturated rings. The Labute approximate surface area is 191 Å². The molecule has 0 atom stereocenters. The monoisotopic (exact) mass is 430 g/mol. The SMILES string of the molecule is O=C(O)c1cccc2c1ccc1ccccc12.OCc1ccc2c(ccc3ccccc32)c1. The van der Waals surface area contributed by atoms with Gasteiger partial charge in [0.05, 0.1) is 12.2 Å². The predicted molar refractivity (Wildman–Crippen MR) is 136 cm³/mol. The van der Waals surface area contributed by atoms with Crippen LogP contribution >= 0.6 is 0 Å². The molecule has 3 heteroatoms. The Morgan fingerprint density at radius 1 is 0.545 bits per heavy atom. The van der Waals surface area contributed by atoms with Crippen molar-refractivity contribution >= 4 is 49.1 Å². The maximum absolute atomic E-state index is 11.2. The third-order valence-electron chi connectivity index (χ3n) is 6.01. The standard InChI is InChI=1S/C15H10O2.C15H12O/c16-15(17)14-7-3-6-12-11-5-2-1-4-10(11)8-9-13(12)14;16-10-11-5-8-15-13(9-11)7-6-12-3-1-2-4-14(12)15/h1-9H,(H,16,17);1-9,16H,10H2. The topological polar surface area (TPSA) is 57.5 Å². The van der Waals surface area contributed by atoms with Gasteiger partial charge in [-0.3, -0.25) is 0 Å². The molecule has 0 spiro atoms. The van der Waals surface area contributed by atoms with Gasteiger partial charge in [-0.2, -0.15) is 0 Å². The number of aliphatic hydroxyl groups is 1. The minimum absolute atomic E-state index is 0.1000. The number of rotatable bonds is 2. The molecule has 0 aliphatic carbocycles. The van der Waals surface area contributed by atoms with Crippen molar-refractivity contribution in [3.8, 4) is 0 Å². The van der Waals surface area contributed by atoms with Crippen LogP contribution in [0.5, 0.6) is 0 Å². The Morgan fingerprint density at radius 2 is 1.09 bits per heavy atom. The summed E-state index contributed by atoms with van der Waals surface area (Å²) in [5, 5.41) is 27.2. The van der Waals surface area contributed by atoms with E-state index in [1.54, 1.807) is 12.1 Å². The van der Waals surface area contributed by atoms with Gasteiger partial charge in [0, 0.05) is 0 Å². The fraction of sp³-hybridized carbons (Fsp3) is 0.0333. The van der Waals surface area contributed by atoms with Crippen molar-refractivity contribution in [1.82, 2.24) is 0 Å². The first kappa shape index (κ1) is 20.7. The number of hydrogen-bond donors (Lipinski definition) is 2. The van der Waals surface area contributed by atoms with Crippen molar-refractivity contribution in [1.29, 1.82) is 0 Å².